The Labute approximate surface area is 192 Å². The highest BCUT2D eigenvalue weighted by atomic mass is 35.5. The zero-order valence-electron chi connectivity index (χ0n) is 17.2. The van der Waals surface area contributed by atoms with Crippen molar-refractivity contribution < 1.29 is 18.5 Å². The van der Waals surface area contributed by atoms with Crippen molar-refractivity contribution in [2.24, 2.45) is 0 Å². The topological polar surface area (TPSA) is 124 Å². The van der Waals surface area contributed by atoms with Crippen molar-refractivity contribution in [2.45, 2.75) is 5.16 Å². The fourth-order valence-electron chi connectivity index (χ4n) is 2.62. The van der Waals surface area contributed by atoms with E-state index in [1.807, 2.05) is 0 Å². The predicted molar refractivity (Wildman–Crippen MR) is 121 cm³/mol. The summed E-state index contributed by atoms with van der Waals surface area (Å²) in [6.07, 6.45) is 2.98. The summed E-state index contributed by atoms with van der Waals surface area (Å²) in [6.45, 7) is 0.604. The number of pyridine rings is 1. The van der Waals surface area contributed by atoms with Gasteiger partial charge in [-0.05, 0) is 30.3 Å². The molecule has 0 fully saturated rings. The van der Waals surface area contributed by atoms with Crippen LogP contribution in [0.3, 0.4) is 0 Å². The molecule has 32 heavy (non-hydrogen) atoms. The number of nitrogens with zero attached hydrogens (tertiary/aromatic N) is 3. The van der Waals surface area contributed by atoms with E-state index in [0.717, 1.165) is 0 Å². The Hall–Kier alpha value is -3.15. The van der Waals surface area contributed by atoms with E-state index in [4.69, 9.17) is 16.3 Å². The molecule has 0 aliphatic heterocycles. The largest absolute Gasteiger partial charge is 0.609 e. The van der Waals surface area contributed by atoms with Gasteiger partial charge in [0.2, 0.25) is 5.88 Å². The molecule has 0 saturated carbocycles. The highest BCUT2D eigenvalue weighted by Gasteiger charge is 2.14. The smallest absolute Gasteiger partial charge is 0.346 e. The second-order valence-corrected chi connectivity index (χ2v) is 8.05. The molecule has 1 atom stereocenters. The van der Waals surface area contributed by atoms with Crippen LogP contribution < -0.4 is 20.7 Å². The maximum Gasteiger partial charge on any atom is 0.346 e. The minimum Gasteiger partial charge on any atom is -0.609 e. The van der Waals surface area contributed by atoms with Gasteiger partial charge < -0.3 is 25.2 Å². The van der Waals surface area contributed by atoms with E-state index in [9.17, 15) is 13.7 Å². The number of carbonyl (C=O) groups excluding carboxylic acids is 1. The van der Waals surface area contributed by atoms with Gasteiger partial charge in [-0.15, -0.1) is 0 Å². The van der Waals surface area contributed by atoms with Crippen LogP contribution in [0.2, 0.25) is 5.02 Å². The molecule has 168 valence electrons. The van der Waals surface area contributed by atoms with Gasteiger partial charge in [0.15, 0.2) is 0 Å². The lowest BCUT2D eigenvalue weighted by atomic mass is 10.2. The van der Waals surface area contributed by atoms with Crippen molar-refractivity contribution in [3.8, 4) is 5.88 Å². The summed E-state index contributed by atoms with van der Waals surface area (Å²) in [5.74, 6) is 0.0262. The molecule has 1 aromatic carbocycles. The summed E-state index contributed by atoms with van der Waals surface area (Å²) in [6, 6.07) is 9.06. The first-order chi connectivity index (χ1) is 15.4. The molecule has 3 rings (SSSR count). The fourth-order valence-corrected chi connectivity index (χ4v) is 3.19. The highest BCUT2D eigenvalue weighted by Crippen LogP contribution is 2.23. The zero-order valence-corrected chi connectivity index (χ0v) is 18.8. The lowest BCUT2D eigenvalue weighted by Crippen LogP contribution is -2.29. The molecular formula is C20H20ClFN6O3S. The Morgan fingerprint density at radius 3 is 2.72 bits per heavy atom. The second-order valence-electron chi connectivity index (χ2n) is 6.37. The third-order valence-corrected chi connectivity index (χ3v) is 5.08. The van der Waals surface area contributed by atoms with Crippen molar-refractivity contribution in [1.82, 2.24) is 20.3 Å². The Morgan fingerprint density at radius 1 is 1.22 bits per heavy atom. The van der Waals surface area contributed by atoms with Crippen LogP contribution in [0, 0.1) is 5.82 Å². The van der Waals surface area contributed by atoms with E-state index in [2.05, 4.69) is 30.9 Å². The van der Waals surface area contributed by atoms with Crippen molar-refractivity contribution >= 4 is 46.0 Å². The average Bonchev–Trinajstić information content (AvgIpc) is 2.78. The summed E-state index contributed by atoms with van der Waals surface area (Å²) in [7, 11) is 1.44. The molecule has 12 heteroatoms. The molecule has 3 N–H and O–H groups in total. The van der Waals surface area contributed by atoms with E-state index >= 15 is 0 Å². The van der Waals surface area contributed by atoms with Gasteiger partial charge >= 0.3 is 5.16 Å². The van der Waals surface area contributed by atoms with Gasteiger partial charge in [-0.2, -0.15) is 9.97 Å². The van der Waals surface area contributed by atoms with Gasteiger partial charge in [-0.1, -0.05) is 11.6 Å². The second kappa shape index (κ2) is 10.9. The van der Waals surface area contributed by atoms with Gasteiger partial charge in [0, 0.05) is 42.2 Å². The number of methoxy groups -OCH3 is 1. The maximum absolute atomic E-state index is 13.7. The molecule has 1 unspecified atom stereocenters. The quantitative estimate of drug-likeness (QED) is 0.243. The zero-order chi connectivity index (χ0) is 23.1. The molecule has 3 aromatic rings. The standard InChI is InChI=1S/C20H20ClFN6O3S/c1-31-19-13(4-3-7-25-19)18(29)24-9-8-23-16-11-17(28-20(27-16)32(2)30)26-12-5-6-14(21)15(22)10-12/h3-7,10-11H,8-9H2,1-2H3,(H,24,29)(H2,23,26,27,28). The number of amides is 1. The molecule has 0 saturated heterocycles. The Morgan fingerprint density at radius 2 is 2.00 bits per heavy atom. The Balaban J connectivity index is 1.64. The SMILES string of the molecule is COc1ncccc1C(=O)NCCNc1cc(Nc2ccc(Cl)c(F)c2)nc([S+](C)[O-])n1. The van der Waals surface area contributed by atoms with Crippen LogP contribution in [-0.2, 0) is 11.2 Å². The summed E-state index contributed by atoms with van der Waals surface area (Å²) >= 11 is 4.26. The lowest BCUT2D eigenvalue weighted by molar-refractivity contribution is 0.0951. The third-order valence-electron chi connectivity index (χ3n) is 4.08. The molecule has 0 radical (unpaired) electrons. The van der Waals surface area contributed by atoms with Crippen LogP contribution in [0.4, 0.5) is 21.7 Å². The van der Waals surface area contributed by atoms with Gasteiger partial charge in [-0.3, -0.25) is 4.79 Å². The molecule has 1 amide bonds. The van der Waals surface area contributed by atoms with Gasteiger partial charge in [0.05, 0.1) is 12.1 Å². The molecule has 9 nitrogen and oxygen atoms in total. The van der Waals surface area contributed by atoms with Crippen LogP contribution in [0.25, 0.3) is 0 Å². The van der Waals surface area contributed by atoms with Crippen molar-refractivity contribution in [3.63, 3.8) is 0 Å². The Kier molecular flexibility index (Phi) is 8.03. The first-order valence-corrected chi connectivity index (χ1v) is 11.3. The number of halogens is 2. The fraction of sp³-hybridized carbons (Fsp3) is 0.200. The molecule has 0 aliphatic carbocycles. The normalized spacial score (nSPS) is 11.5. The first-order valence-electron chi connectivity index (χ1n) is 9.33. The molecule has 0 bridgehead atoms. The number of carbonyl (C=O) groups is 1. The predicted octanol–water partition coefficient (Wildman–Crippen LogP) is 3.00. The maximum atomic E-state index is 13.7. The van der Waals surface area contributed by atoms with Crippen LogP contribution in [-0.4, -0.2) is 51.9 Å². The molecule has 2 aromatic heterocycles. The molecule has 0 aliphatic rings. The minimum absolute atomic E-state index is 0.00175. The average molecular weight is 479 g/mol. The van der Waals surface area contributed by atoms with Crippen LogP contribution >= 0.6 is 11.6 Å². The van der Waals surface area contributed by atoms with E-state index < -0.39 is 17.0 Å². The monoisotopic (exact) mass is 478 g/mol. The van der Waals surface area contributed by atoms with E-state index in [1.54, 1.807) is 24.3 Å². The van der Waals surface area contributed by atoms with E-state index in [0.29, 0.717) is 29.4 Å². The molecule has 0 spiro atoms. The van der Waals surface area contributed by atoms with Crippen LogP contribution in [0.5, 0.6) is 5.88 Å². The first kappa shape index (κ1) is 23.5. The summed E-state index contributed by atoms with van der Waals surface area (Å²) in [5, 5.41) is 8.82. The lowest BCUT2D eigenvalue weighted by Gasteiger charge is -2.12. The minimum atomic E-state index is -1.45. The van der Waals surface area contributed by atoms with Gasteiger partial charge in [0.1, 0.15) is 29.3 Å². The number of hydrogen-bond acceptors (Lipinski definition) is 8. The van der Waals surface area contributed by atoms with Crippen LogP contribution in [0.1, 0.15) is 10.4 Å². The Bertz CT molecular complexity index is 1100. The molecular weight excluding hydrogens is 459 g/mol. The van der Waals surface area contributed by atoms with E-state index in [1.165, 1.54) is 31.7 Å². The summed E-state index contributed by atoms with van der Waals surface area (Å²) in [5.41, 5.74) is 0.740. The summed E-state index contributed by atoms with van der Waals surface area (Å²) in [4.78, 5) is 24.7. The van der Waals surface area contributed by atoms with Crippen molar-refractivity contribution in [3.05, 3.63) is 59.0 Å². The summed E-state index contributed by atoms with van der Waals surface area (Å²) < 4.78 is 30.7. The third kappa shape index (κ3) is 6.19. The number of nitrogens with one attached hydrogen (secondary N) is 3. The number of rotatable bonds is 9. The van der Waals surface area contributed by atoms with Gasteiger partial charge in [0.25, 0.3) is 5.91 Å². The highest BCUT2D eigenvalue weighted by molar-refractivity contribution is 7.90. The van der Waals surface area contributed by atoms with E-state index in [-0.39, 0.29) is 28.5 Å². The molecule has 2 heterocycles. The number of aromatic nitrogens is 3. The number of hydrogen-bond donors (Lipinski definition) is 3. The number of benzene rings is 1. The van der Waals surface area contributed by atoms with Crippen LogP contribution in [0.15, 0.2) is 47.8 Å². The number of anilines is 3. The van der Waals surface area contributed by atoms with Gasteiger partial charge in [-0.25, -0.2) is 9.37 Å². The number of ether oxygens (including phenoxy) is 1. The van der Waals surface area contributed by atoms with Crippen molar-refractivity contribution in [2.75, 3.05) is 37.1 Å². The van der Waals surface area contributed by atoms with Crippen molar-refractivity contribution in [1.29, 1.82) is 0 Å².